The van der Waals surface area contributed by atoms with E-state index in [1.165, 1.54) is 6.92 Å². The molecule has 0 aliphatic heterocycles. The second-order valence-electron chi connectivity index (χ2n) is 3.41. The van der Waals surface area contributed by atoms with Crippen molar-refractivity contribution < 1.29 is 12.8 Å². The average molecular weight is 271 g/mol. The molecule has 0 atom stereocenters. The number of alkyl halides is 1. The number of hydrogen-bond acceptors (Lipinski definition) is 4. The Bertz CT molecular complexity index is 495. The zero-order chi connectivity index (χ0) is 11.3. The van der Waals surface area contributed by atoms with Gasteiger partial charge in [0.25, 0.3) is 10.0 Å². The molecule has 1 aromatic heterocycles. The van der Waals surface area contributed by atoms with E-state index < -0.39 is 15.8 Å². The smallest absolute Gasteiger partial charge is 0.229 e. The van der Waals surface area contributed by atoms with Crippen LogP contribution < -0.4 is 4.72 Å². The first kappa shape index (κ1) is 11.3. The molecule has 0 amide bonds. The highest BCUT2D eigenvalue weighted by Gasteiger charge is 2.47. The average Bonchev–Trinajstić information content (AvgIpc) is 2.65. The van der Waals surface area contributed by atoms with E-state index in [9.17, 15) is 12.8 Å². The summed E-state index contributed by atoms with van der Waals surface area (Å²) in [7, 11) is -3.82. The van der Waals surface area contributed by atoms with Gasteiger partial charge in [-0.2, -0.15) is 4.72 Å². The van der Waals surface area contributed by atoms with Crippen LogP contribution in [0.3, 0.4) is 0 Å². The third-order valence-corrected chi connectivity index (χ3v) is 5.36. The Labute approximate surface area is 95.5 Å². The third kappa shape index (κ3) is 2.30. The van der Waals surface area contributed by atoms with Gasteiger partial charge < -0.3 is 0 Å². The molecule has 1 fully saturated rings. The first-order valence-electron chi connectivity index (χ1n) is 4.18. The molecular weight excluding hydrogens is 263 g/mol. The predicted molar refractivity (Wildman–Crippen MR) is 55.3 cm³/mol. The maximum atomic E-state index is 13.3. The van der Waals surface area contributed by atoms with Gasteiger partial charge in [0.15, 0.2) is 14.5 Å². The monoisotopic (exact) mass is 270 g/mol. The van der Waals surface area contributed by atoms with Crippen molar-refractivity contribution in [2.24, 2.45) is 0 Å². The van der Waals surface area contributed by atoms with E-state index in [2.05, 4.69) is 4.98 Å². The maximum Gasteiger partial charge on any atom is 0.254 e. The molecule has 1 heterocycles. The van der Waals surface area contributed by atoms with Crippen molar-refractivity contribution in [2.75, 3.05) is 0 Å². The van der Waals surface area contributed by atoms with Gasteiger partial charge in [0.1, 0.15) is 0 Å². The van der Waals surface area contributed by atoms with Gasteiger partial charge in [-0.05, 0) is 6.92 Å². The molecule has 1 aromatic rings. The standard InChI is InChI=1S/C7H8ClFN2O2S2/c1-4-5(14-6(8)10-4)15(12,13)11-7(9)2-3-7/h11H,2-3H2,1H3. The fourth-order valence-corrected chi connectivity index (χ4v) is 4.14. The molecule has 1 aliphatic rings. The summed E-state index contributed by atoms with van der Waals surface area (Å²) in [4.78, 5) is 3.77. The van der Waals surface area contributed by atoms with Crippen molar-refractivity contribution in [2.45, 2.75) is 29.8 Å². The summed E-state index contributed by atoms with van der Waals surface area (Å²) in [6.07, 6.45) is 0.440. The van der Waals surface area contributed by atoms with Gasteiger partial charge in [0, 0.05) is 12.8 Å². The van der Waals surface area contributed by atoms with Gasteiger partial charge in [-0.15, -0.1) is 0 Å². The van der Waals surface area contributed by atoms with Gasteiger partial charge in [-0.25, -0.2) is 17.8 Å². The number of hydrogen-bond donors (Lipinski definition) is 1. The fraction of sp³-hybridized carbons (Fsp3) is 0.571. The second kappa shape index (κ2) is 3.38. The van der Waals surface area contributed by atoms with Gasteiger partial charge in [0.05, 0.1) is 5.69 Å². The lowest BCUT2D eigenvalue weighted by atomic mass is 10.6. The van der Waals surface area contributed by atoms with Crippen LogP contribution in [0.4, 0.5) is 4.39 Å². The number of nitrogens with one attached hydrogen (secondary N) is 1. The Morgan fingerprint density at radius 2 is 2.20 bits per heavy atom. The Kier molecular flexibility index (Phi) is 2.53. The van der Waals surface area contributed by atoms with Crippen LogP contribution in [0.2, 0.25) is 4.47 Å². The molecule has 0 unspecified atom stereocenters. The number of aromatic nitrogens is 1. The quantitative estimate of drug-likeness (QED) is 0.853. The molecular formula is C7H8ClFN2O2S2. The molecule has 1 N–H and O–H groups in total. The zero-order valence-corrected chi connectivity index (χ0v) is 10.1. The molecule has 1 saturated carbocycles. The Morgan fingerprint density at radius 3 is 2.60 bits per heavy atom. The van der Waals surface area contributed by atoms with Crippen molar-refractivity contribution in [1.82, 2.24) is 9.71 Å². The Hall–Kier alpha value is -0.240. The topological polar surface area (TPSA) is 59.1 Å². The number of rotatable bonds is 3. The van der Waals surface area contributed by atoms with E-state index in [1.807, 2.05) is 4.72 Å². The van der Waals surface area contributed by atoms with Gasteiger partial charge in [-0.3, -0.25) is 0 Å². The fourth-order valence-electron chi connectivity index (χ4n) is 1.10. The molecule has 1 aliphatic carbocycles. The number of sulfonamides is 1. The number of halogens is 2. The SMILES string of the molecule is Cc1nc(Cl)sc1S(=O)(=O)NC1(F)CC1. The lowest BCUT2D eigenvalue weighted by Gasteiger charge is -2.07. The molecule has 15 heavy (non-hydrogen) atoms. The highest BCUT2D eigenvalue weighted by atomic mass is 35.5. The van der Waals surface area contributed by atoms with E-state index >= 15 is 0 Å². The minimum Gasteiger partial charge on any atom is -0.229 e. The van der Waals surface area contributed by atoms with Crippen LogP contribution in [-0.4, -0.2) is 19.2 Å². The minimum atomic E-state index is -3.82. The van der Waals surface area contributed by atoms with E-state index in [0.29, 0.717) is 5.69 Å². The summed E-state index contributed by atoms with van der Waals surface area (Å²) >= 11 is 6.41. The first-order valence-corrected chi connectivity index (χ1v) is 6.86. The summed E-state index contributed by atoms with van der Waals surface area (Å²) < 4.78 is 38.8. The van der Waals surface area contributed by atoms with E-state index in [-0.39, 0.29) is 21.5 Å². The van der Waals surface area contributed by atoms with Crippen molar-refractivity contribution >= 4 is 33.0 Å². The highest BCUT2D eigenvalue weighted by molar-refractivity contribution is 7.91. The van der Waals surface area contributed by atoms with Gasteiger partial charge in [0.2, 0.25) is 0 Å². The lowest BCUT2D eigenvalue weighted by Crippen LogP contribution is -2.33. The first-order chi connectivity index (χ1) is 6.82. The Morgan fingerprint density at radius 1 is 1.60 bits per heavy atom. The predicted octanol–water partition coefficient (Wildman–Crippen LogP) is 1.84. The molecule has 8 heteroatoms. The number of aryl methyl sites for hydroxylation is 1. The second-order valence-corrected chi connectivity index (χ2v) is 6.87. The molecule has 0 aromatic carbocycles. The minimum absolute atomic E-state index is 0.0172. The van der Waals surface area contributed by atoms with E-state index in [1.54, 1.807) is 0 Å². The van der Waals surface area contributed by atoms with Crippen LogP contribution in [0.15, 0.2) is 4.21 Å². The van der Waals surface area contributed by atoms with E-state index in [0.717, 1.165) is 11.3 Å². The van der Waals surface area contributed by atoms with Crippen LogP contribution in [-0.2, 0) is 10.0 Å². The maximum absolute atomic E-state index is 13.3. The summed E-state index contributed by atoms with van der Waals surface area (Å²) in [6, 6.07) is 0. The molecule has 4 nitrogen and oxygen atoms in total. The lowest BCUT2D eigenvalue weighted by molar-refractivity contribution is 0.290. The summed E-state index contributed by atoms with van der Waals surface area (Å²) in [5, 5.41) is 0. The van der Waals surface area contributed by atoms with Crippen LogP contribution in [0.25, 0.3) is 0 Å². The molecule has 0 spiro atoms. The molecule has 2 rings (SSSR count). The zero-order valence-electron chi connectivity index (χ0n) is 7.75. The summed E-state index contributed by atoms with van der Waals surface area (Å²) in [5.74, 6) is -1.76. The largest absolute Gasteiger partial charge is 0.254 e. The van der Waals surface area contributed by atoms with Crippen molar-refractivity contribution in [3.8, 4) is 0 Å². The summed E-state index contributed by atoms with van der Waals surface area (Å²) in [6.45, 7) is 1.52. The number of thiazole rings is 1. The van der Waals surface area contributed by atoms with Gasteiger partial charge in [-0.1, -0.05) is 22.9 Å². The Balaban J connectivity index is 2.33. The summed E-state index contributed by atoms with van der Waals surface area (Å²) in [5.41, 5.74) is 0.293. The number of nitrogens with zero attached hydrogens (tertiary/aromatic N) is 1. The van der Waals surface area contributed by atoms with Crippen LogP contribution in [0.5, 0.6) is 0 Å². The molecule has 84 valence electrons. The van der Waals surface area contributed by atoms with Crippen molar-refractivity contribution in [3.63, 3.8) is 0 Å². The van der Waals surface area contributed by atoms with Crippen LogP contribution in [0, 0.1) is 6.92 Å². The van der Waals surface area contributed by atoms with Gasteiger partial charge >= 0.3 is 0 Å². The third-order valence-electron chi connectivity index (χ3n) is 1.98. The molecule has 0 radical (unpaired) electrons. The van der Waals surface area contributed by atoms with Crippen LogP contribution in [0.1, 0.15) is 18.5 Å². The molecule has 0 saturated heterocycles. The molecule has 0 bridgehead atoms. The van der Waals surface area contributed by atoms with Crippen molar-refractivity contribution in [3.05, 3.63) is 10.2 Å². The van der Waals surface area contributed by atoms with Crippen LogP contribution >= 0.6 is 22.9 Å². The van der Waals surface area contributed by atoms with Crippen molar-refractivity contribution in [1.29, 1.82) is 0 Å². The normalized spacial score (nSPS) is 19.1. The van der Waals surface area contributed by atoms with E-state index in [4.69, 9.17) is 11.6 Å². The highest BCUT2D eigenvalue weighted by Crippen LogP contribution is 2.39.